The van der Waals surface area contributed by atoms with Crippen LogP contribution in [0.5, 0.6) is 0 Å². The van der Waals surface area contributed by atoms with Gasteiger partial charge in [-0.3, -0.25) is 9.53 Å². The molecule has 0 aliphatic carbocycles. The van der Waals surface area contributed by atoms with Gasteiger partial charge in [0.1, 0.15) is 5.82 Å². The second-order valence-electron chi connectivity index (χ2n) is 6.17. The number of hydrogen-bond acceptors (Lipinski definition) is 3. The Kier molecular flexibility index (Phi) is 5.77. The molecular weight excluding hydrogens is 324 g/mol. The summed E-state index contributed by atoms with van der Waals surface area (Å²) in [7, 11) is -0.954. The topological polar surface area (TPSA) is 76.0 Å². The first kappa shape index (κ1) is 18.2. The largest absolute Gasteiger partial charge is 0.334 e. The number of urea groups is 1. The van der Waals surface area contributed by atoms with Crippen molar-refractivity contribution in [3.05, 3.63) is 41.1 Å². The molecule has 130 valence electrons. The summed E-state index contributed by atoms with van der Waals surface area (Å²) in [5.41, 5.74) is 3.98. The molecule has 1 aromatic carbocycles. The fourth-order valence-electron chi connectivity index (χ4n) is 2.63. The molecule has 0 fully saturated rings. The molecular formula is C17H24N4O2S. The molecule has 7 heteroatoms. The summed E-state index contributed by atoms with van der Waals surface area (Å²) in [5, 5.41) is 10.1. The number of nitrogens with one attached hydrogen (secondary N) is 2. The summed E-state index contributed by atoms with van der Waals surface area (Å²) in [6.45, 7) is 7.76. The molecule has 0 saturated carbocycles. The van der Waals surface area contributed by atoms with Gasteiger partial charge in [-0.2, -0.15) is 5.10 Å². The molecule has 0 saturated heterocycles. The third kappa shape index (κ3) is 4.92. The minimum atomic E-state index is -0.954. The lowest BCUT2D eigenvalue weighted by molar-refractivity contribution is 0.250. The third-order valence-electron chi connectivity index (χ3n) is 3.39. The number of rotatable bonds is 5. The normalized spacial score (nSPS) is 13.4. The lowest BCUT2D eigenvalue weighted by Crippen LogP contribution is -2.39. The Bertz CT molecular complexity index is 750. The number of carbonyl (C=O) groups is 1. The van der Waals surface area contributed by atoms with E-state index in [0.29, 0.717) is 11.6 Å². The Labute approximate surface area is 145 Å². The van der Waals surface area contributed by atoms with E-state index in [1.807, 2.05) is 45.9 Å². The lowest BCUT2D eigenvalue weighted by atomic mass is 10.1. The Morgan fingerprint density at radius 2 is 1.83 bits per heavy atom. The number of nitrogens with zero attached hydrogens (tertiary/aromatic N) is 2. The maximum Gasteiger partial charge on any atom is 0.320 e. The first-order valence-corrected chi connectivity index (χ1v) is 9.50. The van der Waals surface area contributed by atoms with Gasteiger partial charge in [0.25, 0.3) is 0 Å². The Hall–Kier alpha value is -2.15. The molecule has 0 bridgehead atoms. The van der Waals surface area contributed by atoms with Crippen molar-refractivity contribution in [1.29, 1.82) is 0 Å². The fraction of sp³-hybridized carbons (Fsp3) is 0.412. The van der Waals surface area contributed by atoms with E-state index in [9.17, 15) is 9.00 Å². The molecule has 2 aromatic rings. The zero-order valence-corrected chi connectivity index (χ0v) is 15.5. The number of amides is 2. The molecule has 1 heterocycles. The van der Waals surface area contributed by atoms with E-state index in [1.54, 1.807) is 10.9 Å². The van der Waals surface area contributed by atoms with E-state index in [2.05, 4.69) is 21.8 Å². The van der Waals surface area contributed by atoms with Crippen LogP contribution in [0.25, 0.3) is 5.69 Å². The van der Waals surface area contributed by atoms with Gasteiger partial charge in [0.2, 0.25) is 0 Å². The van der Waals surface area contributed by atoms with Crippen LogP contribution in [0.15, 0.2) is 24.3 Å². The highest BCUT2D eigenvalue weighted by molar-refractivity contribution is 7.84. The number of aryl methyl sites for hydroxylation is 3. The molecule has 0 radical (unpaired) electrons. The van der Waals surface area contributed by atoms with E-state index in [-0.39, 0.29) is 12.1 Å². The van der Waals surface area contributed by atoms with Crippen molar-refractivity contribution in [3.63, 3.8) is 0 Å². The van der Waals surface area contributed by atoms with Crippen LogP contribution in [0.1, 0.15) is 23.7 Å². The van der Waals surface area contributed by atoms with Crippen molar-refractivity contribution in [2.24, 2.45) is 0 Å². The van der Waals surface area contributed by atoms with Crippen molar-refractivity contribution in [2.75, 3.05) is 17.3 Å². The summed E-state index contributed by atoms with van der Waals surface area (Å²) in [5.74, 6) is 1.02. The fourth-order valence-corrected chi connectivity index (χ4v) is 3.42. The number of hydrogen-bond donors (Lipinski definition) is 2. The molecule has 2 atom stereocenters. The Morgan fingerprint density at radius 3 is 2.42 bits per heavy atom. The van der Waals surface area contributed by atoms with E-state index >= 15 is 0 Å². The van der Waals surface area contributed by atoms with Crippen molar-refractivity contribution < 1.29 is 9.00 Å². The molecule has 2 N–H and O–H groups in total. The predicted molar refractivity (Wildman–Crippen MR) is 98.3 cm³/mol. The minimum Gasteiger partial charge on any atom is -0.334 e. The zero-order chi connectivity index (χ0) is 17.9. The number of aromatic nitrogens is 2. The Balaban J connectivity index is 2.20. The van der Waals surface area contributed by atoms with E-state index in [4.69, 9.17) is 0 Å². The highest BCUT2D eigenvalue weighted by Crippen LogP contribution is 2.19. The van der Waals surface area contributed by atoms with Crippen LogP contribution in [-0.2, 0) is 10.8 Å². The predicted octanol–water partition coefficient (Wildman–Crippen LogP) is 2.69. The van der Waals surface area contributed by atoms with Crippen LogP contribution < -0.4 is 10.6 Å². The van der Waals surface area contributed by atoms with Gasteiger partial charge in [0.05, 0.1) is 11.4 Å². The highest BCUT2D eigenvalue weighted by atomic mass is 32.2. The van der Waals surface area contributed by atoms with Gasteiger partial charge in [-0.15, -0.1) is 0 Å². The molecule has 6 nitrogen and oxygen atoms in total. The van der Waals surface area contributed by atoms with Gasteiger partial charge in [-0.1, -0.05) is 6.07 Å². The van der Waals surface area contributed by atoms with Crippen LogP contribution in [0.4, 0.5) is 10.6 Å². The van der Waals surface area contributed by atoms with E-state index in [0.717, 1.165) is 22.5 Å². The lowest BCUT2D eigenvalue weighted by Gasteiger charge is -2.14. The van der Waals surface area contributed by atoms with E-state index < -0.39 is 10.8 Å². The number of anilines is 1. The van der Waals surface area contributed by atoms with Crippen molar-refractivity contribution >= 4 is 22.6 Å². The van der Waals surface area contributed by atoms with Crippen LogP contribution in [-0.4, -0.2) is 38.1 Å². The van der Waals surface area contributed by atoms with Gasteiger partial charge < -0.3 is 5.32 Å². The smallest absolute Gasteiger partial charge is 0.320 e. The van der Waals surface area contributed by atoms with Crippen LogP contribution >= 0.6 is 0 Å². The van der Waals surface area contributed by atoms with Gasteiger partial charge in [-0.25, -0.2) is 9.48 Å². The first-order valence-electron chi connectivity index (χ1n) is 7.77. The molecule has 0 aliphatic heterocycles. The summed E-state index contributed by atoms with van der Waals surface area (Å²) in [6, 6.07) is 7.44. The molecule has 2 amide bonds. The molecule has 2 rings (SSSR count). The monoisotopic (exact) mass is 348 g/mol. The summed E-state index contributed by atoms with van der Waals surface area (Å²) in [6.07, 6.45) is 1.62. The number of benzene rings is 1. The summed E-state index contributed by atoms with van der Waals surface area (Å²) < 4.78 is 12.9. The van der Waals surface area contributed by atoms with Crippen molar-refractivity contribution in [2.45, 2.75) is 33.7 Å². The third-order valence-corrected chi connectivity index (χ3v) is 4.36. The maximum absolute atomic E-state index is 12.2. The maximum atomic E-state index is 12.2. The van der Waals surface area contributed by atoms with Crippen molar-refractivity contribution in [3.8, 4) is 5.69 Å². The second kappa shape index (κ2) is 7.61. The van der Waals surface area contributed by atoms with Gasteiger partial charge in [-0.05, 0) is 51.0 Å². The molecule has 2 unspecified atom stereocenters. The first-order chi connectivity index (χ1) is 11.2. The standard InChI is InChI=1S/C17H24N4O2S/c1-11-6-12(2)8-15(7-11)21-16(9-13(3)20-21)19-17(22)18-14(4)10-24(5)23/h6-9,14H,10H2,1-5H3,(H2,18,19,22). The van der Waals surface area contributed by atoms with Gasteiger partial charge >= 0.3 is 6.03 Å². The van der Waals surface area contributed by atoms with Gasteiger partial charge in [0.15, 0.2) is 0 Å². The van der Waals surface area contributed by atoms with Crippen LogP contribution in [0.2, 0.25) is 0 Å². The Morgan fingerprint density at radius 1 is 1.21 bits per heavy atom. The average Bonchev–Trinajstić information content (AvgIpc) is 2.76. The summed E-state index contributed by atoms with van der Waals surface area (Å²) >= 11 is 0. The molecule has 1 aromatic heterocycles. The zero-order valence-electron chi connectivity index (χ0n) is 14.7. The van der Waals surface area contributed by atoms with Gasteiger partial charge in [0, 0.05) is 34.9 Å². The van der Waals surface area contributed by atoms with Crippen LogP contribution in [0.3, 0.4) is 0 Å². The average molecular weight is 348 g/mol. The SMILES string of the molecule is Cc1cc(C)cc(-n2nc(C)cc2NC(=O)NC(C)CS(C)=O)c1. The van der Waals surface area contributed by atoms with Crippen LogP contribution in [0, 0.1) is 20.8 Å². The van der Waals surface area contributed by atoms with Crippen molar-refractivity contribution in [1.82, 2.24) is 15.1 Å². The highest BCUT2D eigenvalue weighted by Gasteiger charge is 2.13. The second-order valence-corrected chi connectivity index (χ2v) is 7.65. The number of carbonyl (C=O) groups excluding carboxylic acids is 1. The molecule has 24 heavy (non-hydrogen) atoms. The molecule has 0 aliphatic rings. The van der Waals surface area contributed by atoms with E-state index in [1.165, 1.54) is 0 Å². The summed E-state index contributed by atoms with van der Waals surface area (Å²) in [4.78, 5) is 12.2. The minimum absolute atomic E-state index is 0.172. The molecule has 0 spiro atoms. The quantitative estimate of drug-likeness (QED) is 0.872.